The van der Waals surface area contributed by atoms with Gasteiger partial charge in [-0.2, -0.15) is 0 Å². The van der Waals surface area contributed by atoms with E-state index in [4.69, 9.17) is 9.47 Å². The van der Waals surface area contributed by atoms with Crippen LogP contribution in [0.1, 0.15) is 53.4 Å². The number of likely N-dealkylation sites (tertiary alicyclic amines) is 1. The van der Waals surface area contributed by atoms with E-state index in [0.717, 1.165) is 45.4 Å². The van der Waals surface area contributed by atoms with E-state index >= 15 is 0 Å². The van der Waals surface area contributed by atoms with E-state index in [1.54, 1.807) is 0 Å². The molecule has 0 saturated carbocycles. The molecule has 2 aliphatic rings. The molecule has 5 heteroatoms. The molecule has 0 bridgehead atoms. The summed E-state index contributed by atoms with van der Waals surface area (Å²) < 4.78 is 11.7. The van der Waals surface area contributed by atoms with Gasteiger partial charge >= 0.3 is 6.09 Å². The van der Waals surface area contributed by atoms with Crippen LogP contribution in [-0.2, 0) is 9.47 Å². The number of carbonyl (C=O) groups excluding carboxylic acids is 1. The first-order valence-corrected chi connectivity index (χ1v) is 8.21. The fourth-order valence-electron chi connectivity index (χ4n) is 3.36. The fourth-order valence-corrected chi connectivity index (χ4v) is 3.36. The number of rotatable bonds is 2. The van der Waals surface area contributed by atoms with Gasteiger partial charge in [-0.25, -0.2) is 4.79 Å². The van der Waals surface area contributed by atoms with Crippen LogP contribution in [0.5, 0.6) is 0 Å². The number of ether oxygens (including phenoxy) is 2. The molecule has 2 saturated heterocycles. The summed E-state index contributed by atoms with van der Waals surface area (Å²) >= 11 is 0. The Hall–Kier alpha value is -0.810. The lowest BCUT2D eigenvalue weighted by Crippen LogP contribution is -2.65. The number of nitrogens with one attached hydrogen (secondary N) is 1. The van der Waals surface area contributed by atoms with Gasteiger partial charge < -0.3 is 19.7 Å². The maximum atomic E-state index is 12.3. The molecule has 2 heterocycles. The Bertz CT molecular complexity index is 361. The van der Waals surface area contributed by atoms with Gasteiger partial charge in [0.25, 0.3) is 0 Å². The highest BCUT2D eigenvalue weighted by Gasteiger charge is 2.46. The van der Waals surface area contributed by atoms with Crippen LogP contribution in [0.25, 0.3) is 0 Å². The van der Waals surface area contributed by atoms with Gasteiger partial charge in [0.2, 0.25) is 0 Å². The number of nitrogens with zero attached hydrogens (tertiary/aromatic N) is 1. The zero-order valence-corrected chi connectivity index (χ0v) is 13.9. The number of hydrogen-bond acceptors (Lipinski definition) is 4. The molecule has 2 aliphatic heterocycles. The van der Waals surface area contributed by atoms with Crippen LogP contribution < -0.4 is 5.32 Å². The Kier molecular flexibility index (Phi) is 5.15. The Morgan fingerprint density at radius 1 is 1.48 bits per heavy atom. The monoisotopic (exact) mass is 298 g/mol. The summed E-state index contributed by atoms with van der Waals surface area (Å²) in [6.45, 7) is 10.9. The van der Waals surface area contributed by atoms with Crippen molar-refractivity contribution in [2.24, 2.45) is 0 Å². The smallest absolute Gasteiger partial charge is 0.410 e. The predicted molar refractivity (Wildman–Crippen MR) is 82.4 cm³/mol. The number of hydrogen-bond donors (Lipinski definition) is 1. The highest BCUT2D eigenvalue weighted by atomic mass is 16.6. The molecule has 2 unspecified atom stereocenters. The van der Waals surface area contributed by atoms with Gasteiger partial charge in [0.15, 0.2) is 0 Å². The highest BCUT2D eigenvalue weighted by molar-refractivity contribution is 5.68. The third-order valence-corrected chi connectivity index (χ3v) is 4.23. The summed E-state index contributed by atoms with van der Waals surface area (Å²) in [6, 6.07) is 0.335. The Labute approximate surface area is 128 Å². The molecule has 0 aliphatic carbocycles. The molecule has 2 fully saturated rings. The van der Waals surface area contributed by atoms with Crippen molar-refractivity contribution < 1.29 is 14.3 Å². The van der Waals surface area contributed by atoms with Crippen molar-refractivity contribution in [2.45, 2.75) is 70.6 Å². The molecule has 0 aromatic carbocycles. The van der Waals surface area contributed by atoms with Crippen LogP contribution in [0.3, 0.4) is 0 Å². The van der Waals surface area contributed by atoms with E-state index in [-0.39, 0.29) is 11.7 Å². The first-order chi connectivity index (χ1) is 9.86. The Morgan fingerprint density at radius 3 is 2.90 bits per heavy atom. The van der Waals surface area contributed by atoms with Crippen molar-refractivity contribution in [1.82, 2.24) is 10.2 Å². The minimum absolute atomic E-state index is 0.217. The maximum absolute atomic E-state index is 12.3. The Morgan fingerprint density at radius 2 is 2.24 bits per heavy atom. The summed E-state index contributed by atoms with van der Waals surface area (Å²) in [5, 5.41) is 3.58. The second-order valence-electron chi connectivity index (χ2n) is 7.21. The topological polar surface area (TPSA) is 50.8 Å². The van der Waals surface area contributed by atoms with Crippen LogP contribution in [0.4, 0.5) is 4.79 Å². The molecule has 1 amide bonds. The van der Waals surface area contributed by atoms with Crippen LogP contribution in [0, 0.1) is 0 Å². The van der Waals surface area contributed by atoms with Crippen LogP contribution in [-0.4, -0.2) is 54.5 Å². The standard InChI is InChI=1S/C16H30N2O3/c1-5-7-13-16(20-11-9-17-13)8-6-10-18(12-16)14(19)21-15(2,3)4/h13,17H,5-12H2,1-4H3. The number of amides is 1. The molecule has 1 spiro atoms. The number of morpholine rings is 1. The van der Waals surface area contributed by atoms with Gasteiger partial charge in [0.05, 0.1) is 13.2 Å². The van der Waals surface area contributed by atoms with E-state index in [1.807, 2.05) is 25.7 Å². The molecule has 122 valence electrons. The predicted octanol–water partition coefficient (Wildman–Crippen LogP) is 2.54. The van der Waals surface area contributed by atoms with Crippen molar-refractivity contribution >= 4 is 6.09 Å². The quantitative estimate of drug-likeness (QED) is 0.851. The normalized spacial score (nSPS) is 30.5. The summed E-state index contributed by atoms with van der Waals surface area (Å²) in [5.41, 5.74) is -0.681. The SMILES string of the molecule is CCCC1NCCOC12CCCN(C(=O)OC(C)(C)C)C2. The lowest BCUT2D eigenvalue weighted by atomic mass is 9.82. The van der Waals surface area contributed by atoms with Crippen molar-refractivity contribution in [3.05, 3.63) is 0 Å². The molecule has 0 radical (unpaired) electrons. The average Bonchev–Trinajstić information content (AvgIpc) is 2.40. The molecule has 5 nitrogen and oxygen atoms in total. The zero-order valence-electron chi connectivity index (χ0n) is 13.9. The number of carbonyl (C=O) groups is 1. The minimum atomic E-state index is -0.448. The maximum Gasteiger partial charge on any atom is 0.410 e. The number of piperidine rings is 1. The molecular formula is C16H30N2O3. The van der Waals surface area contributed by atoms with Crippen molar-refractivity contribution in [2.75, 3.05) is 26.2 Å². The molecule has 0 aromatic rings. The molecule has 1 N–H and O–H groups in total. The van der Waals surface area contributed by atoms with Gasteiger partial charge in [-0.05, 0) is 40.0 Å². The van der Waals surface area contributed by atoms with E-state index in [9.17, 15) is 4.79 Å². The molecule has 2 atom stereocenters. The van der Waals surface area contributed by atoms with Gasteiger partial charge in [-0.3, -0.25) is 0 Å². The third-order valence-electron chi connectivity index (χ3n) is 4.23. The van der Waals surface area contributed by atoms with Crippen LogP contribution in [0.15, 0.2) is 0 Å². The van der Waals surface area contributed by atoms with E-state index < -0.39 is 5.60 Å². The zero-order chi connectivity index (χ0) is 15.5. The lowest BCUT2D eigenvalue weighted by molar-refractivity contribution is -0.132. The molecular weight excluding hydrogens is 268 g/mol. The minimum Gasteiger partial charge on any atom is -0.444 e. The van der Waals surface area contributed by atoms with Gasteiger partial charge in [-0.15, -0.1) is 0 Å². The first kappa shape index (κ1) is 16.6. The van der Waals surface area contributed by atoms with E-state index in [2.05, 4.69) is 12.2 Å². The van der Waals surface area contributed by atoms with E-state index in [1.165, 1.54) is 0 Å². The first-order valence-electron chi connectivity index (χ1n) is 8.21. The second kappa shape index (κ2) is 6.53. The van der Waals surface area contributed by atoms with Crippen LogP contribution >= 0.6 is 0 Å². The van der Waals surface area contributed by atoms with Gasteiger partial charge in [0, 0.05) is 19.1 Å². The van der Waals surface area contributed by atoms with Crippen molar-refractivity contribution in [3.63, 3.8) is 0 Å². The summed E-state index contributed by atoms with van der Waals surface area (Å²) in [7, 11) is 0. The van der Waals surface area contributed by atoms with Crippen molar-refractivity contribution in [1.29, 1.82) is 0 Å². The van der Waals surface area contributed by atoms with Gasteiger partial charge in [-0.1, -0.05) is 13.3 Å². The second-order valence-corrected chi connectivity index (χ2v) is 7.21. The summed E-state index contributed by atoms with van der Waals surface area (Å²) in [6.07, 6.45) is 3.98. The lowest BCUT2D eigenvalue weighted by Gasteiger charge is -2.49. The average molecular weight is 298 g/mol. The molecule has 21 heavy (non-hydrogen) atoms. The van der Waals surface area contributed by atoms with Crippen LogP contribution in [0.2, 0.25) is 0 Å². The van der Waals surface area contributed by atoms with Crippen molar-refractivity contribution in [3.8, 4) is 0 Å². The summed E-state index contributed by atoms with van der Waals surface area (Å²) in [4.78, 5) is 14.2. The van der Waals surface area contributed by atoms with Gasteiger partial charge in [0.1, 0.15) is 11.2 Å². The third kappa shape index (κ3) is 4.10. The largest absolute Gasteiger partial charge is 0.444 e. The highest BCUT2D eigenvalue weighted by Crippen LogP contribution is 2.33. The fraction of sp³-hybridized carbons (Fsp3) is 0.938. The summed E-state index contributed by atoms with van der Waals surface area (Å²) in [5.74, 6) is 0. The Balaban J connectivity index is 2.06. The molecule has 0 aromatic heterocycles. The molecule has 2 rings (SSSR count). The van der Waals surface area contributed by atoms with E-state index in [0.29, 0.717) is 12.6 Å².